The van der Waals surface area contributed by atoms with Crippen LogP contribution in [0.15, 0.2) is 15.7 Å². The third kappa shape index (κ3) is 1.38. The Morgan fingerprint density at radius 2 is 2.38 bits per heavy atom. The molecule has 1 aliphatic rings. The molecule has 5 heteroatoms. The number of primary amides is 1. The lowest BCUT2D eigenvalue weighted by Gasteiger charge is -2.16. The van der Waals surface area contributed by atoms with E-state index in [1.54, 1.807) is 6.07 Å². The maximum absolute atomic E-state index is 11.6. The molecule has 2 rings (SSSR count). The fourth-order valence-electron chi connectivity index (χ4n) is 1.22. The van der Waals surface area contributed by atoms with Crippen LogP contribution in [0.25, 0.3) is 0 Å². The van der Waals surface area contributed by atoms with Gasteiger partial charge in [-0.15, -0.1) is 23.1 Å². The summed E-state index contributed by atoms with van der Waals surface area (Å²) in [6.07, 6.45) is 0. The summed E-state index contributed by atoms with van der Waals surface area (Å²) in [6, 6.07) is 1.75. The van der Waals surface area contributed by atoms with E-state index < -0.39 is 11.8 Å². The molecule has 0 spiro atoms. The number of nitrogens with two attached hydrogens (primary N) is 1. The van der Waals surface area contributed by atoms with Crippen molar-refractivity contribution >= 4 is 34.8 Å². The molecule has 0 bridgehead atoms. The highest BCUT2D eigenvalue weighted by Crippen LogP contribution is 2.36. The average molecular weight is 213 g/mol. The highest BCUT2D eigenvalue weighted by molar-refractivity contribution is 8.01. The first-order valence-corrected chi connectivity index (χ1v) is 5.60. The van der Waals surface area contributed by atoms with E-state index in [1.165, 1.54) is 23.1 Å². The van der Waals surface area contributed by atoms with Gasteiger partial charge in [0.2, 0.25) is 5.91 Å². The van der Waals surface area contributed by atoms with Crippen molar-refractivity contribution in [1.82, 2.24) is 0 Å². The molecular formula is C8H7NO2S2. The first-order valence-electron chi connectivity index (χ1n) is 3.74. The number of ketones is 1. The fourth-order valence-corrected chi connectivity index (χ4v) is 3.45. The Morgan fingerprint density at radius 3 is 3.08 bits per heavy atom. The lowest BCUT2D eigenvalue weighted by Crippen LogP contribution is -2.34. The minimum absolute atomic E-state index is 0.123. The van der Waals surface area contributed by atoms with E-state index in [0.717, 1.165) is 4.21 Å². The van der Waals surface area contributed by atoms with Gasteiger partial charge in [0, 0.05) is 11.3 Å². The predicted molar refractivity (Wildman–Crippen MR) is 52.1 cm³/mol. The van der Waals surface area contributed by atoms with Crippen molar-refractivity contribution in [2.24, 2.45) is 11.7 Å². The van der Waals surface area contributed by atoms with Crippen molar-refractivity contribution in [2.75, 3.05) is 5.75 Å². The summed E-state index contributed by atoms with van der Waals surface area (Å²) in [4.78, 5) is 22.5. The molecule has 2 heterocycles. The minimum atomic E-state index is -0.632. The summed E-state index contributed by atoms with van der Waals surface area (Å²) >= 11 is 3.07. The van der Waals surface area contributed by atoms with E-state index in [2.05, 4.69) is 0 Å². The van der Waals surface area contributed by atoms with Gasteiger partial charge in [0.25, 0.3) is 0 Å². The fraction of sp³-hybridized carbons (Fsp3) is 0.250. The van der Waals surface area contributed by atoms with Crippen molar-refractivity contribution in [1.29, 1.82) is 0 Å². The van der Waals surface area contributed by atoms with Gasteiger partial charge in [0.15, 0.2) is 5.78 Å². The van der Waals surface area contributed by atoms with Gasteiger partial charge in [-0.25, -0.2) is 0 Å². The van der Waals surface area contributed by atoms with Crippen LogP contribution in [-0.4, -0.2) is 17.4 Å². The summed E-state index contributed by atoms with van der Waals surface area (Å²) in [6.45, 7) is 0. The first kappa shape index (κ1) is 8.77. The van der Waals surface area contributed by atoms with Gasteiger partial charge in [-0.3, -0.25) is 9.59 Å². The number of hydrogen-bond acceptors (Lipinski definition) is 4. The van der Waals surface area contributed by atoms with Crippen LogP contribution >= 0.6 is 23.1 Å². The smallest absolute Gasteiger partial charge is 0.229 e. The second-order valence-electron chi connectivity index (χ2n) is 2.75. The lowest BCUT2D eigenvalue weighted by atomic mass is 10.0. The summed E-state index contributed by atoms with van der Waals surface area (Å²) in [7, 11) is 0. The van der Waals surface area contributed by atoms with Crippen LogP contribution in [-0.2, 0) is 4.79 Å². The molecular weight excluding hydrogens is 206 g/mol. The molecule has 0 aromatic carbocycles. The maximum atomic E-state index is 11.6. The van der Waals surface area contributed by atoms with E-state index in [-0.39, 0.29) is 5.78 Å². The molecule has 13 heavy (non-hydrogen) atoms. The third-order valence-electron chi connectivity index (χ3n) is 1.94. The van der Waals surface area contributed by atoms with Crippen LogP contribution in [0, 0.1) is 5.92 Å². The van der Waals surface area contributed by atoms with E-state index in [1.807, 2.05) is 5.38 Å². The molecule has 2 N–H and O–H groups in total. The Bertz CT molecular complexity index is 372. The Kier molecular flexibility index (Phi) is 2.13. The molecule has 1 aliphatic heterocycles. The normalized spacial score (nSPS) is 21.2. The zero-order chi connectivity index (χ0) is 9.42. The second-order valence-corrected chi connectivity index (χ2v) is 4.96. The molecule has 1 aromatic heterocycles. The molecule has 0 saturated heterocycles. The average Bonchev–Trinajstić information content (AvgIpc) is 2.52. The largest absolute Gasteiger partial charge is 0.369 e. The number of hydrogen-bond donors (Lipinski definition) is 1. The molecule has 3 nitrogen and oxygen atoms in total. The quantitative estimate of drug-likeness (QED) is 0.711. The molecule has 68 valence electrons. The van der Waals surface area contributed by atoms with Gasteiger partial charge in [0.05, 0.1) is 4.21 Å². The maximum Gasteiger partial charge on any atom is 0.229 e. The zero-order valence-electron chi connectivity index (χ0n) is 6.65. The predicted octanol–water partition coefficient (Wildman–Crippen LogP) is 1.14. The van der Waals surface area contributed by atoms with Crippen LogP contribution in [0.1, 0.15) is 10.4 Å². The number of carbonyl (C=O) groups is 2. The number of Topliss-reactive ketones (excluding diaryl/α,β-unsaturated/α-hetero) is 1. The Morgan fingerprint density at radius 1 is 1.62 bits per heavy atom. The second kappa shape index (κ2) is 3.16. The molecule has 0 aliphatic carbocycles. The number of thiophene rings is 1. The van der Waals surface area contributed by atoms with Gasteiger partial charge in [-0.05, 0) is 11.4 Å². The number of amides is 1. The highest BCUT2D eigenvalue weighted by atomic mass is 32.2. The summed E-state index contributed by atoms with van der Waals surface area (Å²) in [5.74, 6) is -0.786. The molecule has 1 aromatic rings. The SMILES string of the molecule is NC(=O)C1CSc2sccc2C1=O. The lowest BCUT2D eigenvalue weighted by molar-refractivity contribution is -0.119. The topological polar surface area (TPSA) is 60.2 Å². The number of carbonyl (C=O) groups excluding carboxylic acids is 2. The minimum Gasteiger partial charge on any atom is -0.369 e. The molecule has 0 fully saturated rings. The molecule has 1 unspecified atom stereocenters. The molecule has 1 amide bonds. The zero-order valence-corrected chi connectivity index (χ0v) is 8.28. The third-order valence-corrected chi connectivity index (χ3v) is 4.27. The number of fused-ring (bicyclic) bond motifs is 1. The van der Waals surface area contributed by atoms with Crippen molar-refractivity contribution in [3.63, 3.8) is 0 Å². The van der Waals surface area contributed by atoms with Gasteiger partial charge in [-0.2, -0.15) is 0 Å². The summed E-state index contributed by atoms with van der Waals surface area (Å²) < 4.78 is 1.00. The van der Waals surface area contributed by atoms with Gasteiger partial charge in [0.1, 0.15) is 5.92 Å². The molecule has 0 radical (unpaired) electrons. The van der Waals surface area contributed by atoms with Crippen molar-refractivity contribution in [2.45, 2.75) is 4.21 Å². The van der Waals surface area contributed by atoms with E-state index in [4.69, 9.17) is 5.73 Å². The molecule has 1 atom stereocenters. The van der Waals surface area contributed by atoms with Crippen LogP contribution in [0.4, 0.5) is 0 Å². The van der Waals surface area contributed by atoms with Crippen LogP contribution in [0.2, 0.25) is 0 Å². The number of thioether (sulfide) groups is 1. The van der Waals surface area contributed by atoms with E-state index >= 15 is 0 Å². The van der Waals surface area contributed by atoms with Crippen LogP contribution in [0.5, 0.6) is 0 Å². The van der Waals surface area contributed by atoms with Gasteiger partial charge >= 0.3 is 0 Å². The highest BCUT2D eigenvalue weighted by Gasteiger charge is 2.32. The first-order chi connectivity index (χ1) is 6.20. The summed E-state index contributed by atoms with van der Waals surface area (Å²) in [5.41, 5.74) is 5.77. The Labute approximate surface area is 83.3 Å². The number of rotatable bonds is 1. The van der Waals surface area contributed by atoms with Gasteiger partial charge in [-0.1, -0.05) is 0 Å². The monoisotopic (exact) mass is 213 g/mol. The van der Waals surface area contributed by atoms with Crippen LogP contribution < -0.4 is 5.73 Å². The van der Waals surface area contributed by atoms with Crippen molar-refractivity contribution in [3.05, 3.63) is 17.0 Å². The standard InChI is InChI=1S/C8H7NO2S2/c9-7(11)5-3-13-8-4(6(5)10)1-2-12-8/h1-2,5H,3H2,(H2,9,11). The van der Waals surface area contributed by atoms with Gasteiger partial charge < -0.3 is 5.73 Å². The molecule has 0 saturated carbocycles. The van der Waals surface area contributed by atoms with Crippen molar-refractivity contribution in [3.8, 4) is 0 Å². The Hall–Kier alpha value is -0.810. The van der Waals surface area contributed by atoms with E-state index in [0.29, 0.717) is 11.3 Å². The summed E-state index contributed by atoms with van der Waals surface area (Å²) in [5, 5.41) is 1.86. The van der Waals surface area contributed by atoms with E-state index in [9.17, 15) is 9.59 Å². The van der Waals surface area contributed by atoms with Crippen LogP contribution in [0.3, 0.4) is 0 Å². The van der Waals surface area contributed by atoms with Crippen molar-refractivity contribution < 1.29 is 9.59 Å². The Balaban J connectivity index is 2.38.